The van der Waals surface area contributed by atoms with Crippen LogP contribution in [0.15, 0.2) is 6.33 Å². The predicted octanol–water partition coefficient (Wildman–Crippen LogP) is 0.742. The fourth-order valence-corrected chi connectivity index (χ4v) is 0.911. The van der Waals surface area contributed by atoms with Crippen LogP contribution in [0.25, 0.3) is 0 Å². The molecule has 0 bridgehead atoms. The van der Waals surface area contributed by atoms with Gasteiger partial charge in [0.2, 0.25) is 0 Å². The third-order valence-electron chi connectivity index (χ3n) is 1.37. The third-order valence-corrected chi connectivity index (χ3v) is 1.37. The minimum Gasteiger partial charge on any atom is -0.443 e. The zero-order valence-corrected chi connectivity index (χ0v) is 6.54. The van der Waals surface area contributed by atoms with E-state index < -0.39 is 12.7 Å². The van der Waals surface area contributed by atoms with Crippen molar-refractivity contribution >= 4 is 12.7 Å². The summed E-state index contributed by atoms with van der Waals surface area (Å²) in [5, 5.41) is 3.47. The molecular formula is C5H8BF3N3-. The lowest BCUT2D eigenvalue weighted by molar-refractivity contribution is 0.483. The Morgan fingerprint density at radius 2 is 2.17 bits per heavy atom. The Morgan fingerprint density at radius 1 is 1.50 bits per heavy atom. The largest absolute Gasteiger partial charge is 0.545 e. The van der Waals surface area contributed by atoms with E-state index >= 15 is 0 Å². The van der Waals surface area contributed by atoms with Crippen LogP contribution in [0.4, 0.5) is 12.9 Å². The molecule has 0 fully saturated rings. The molecule has 1 heterocycles. The Morgan fingerprint density at radius 3 is 2.67 bits per heavy atom. The van der Waals surface area contributed by atoms with E-state index in [2.05, 4.69) is 10.1 Å². The van der Waals surface area contributed by atoms with E-state index in [0.29, 0.717) is 6.42 Å². The minimum absolute atomic E-state index is 0.261. The van der Waals surface area contributed by atoms with Crippen molar-refractivity contribution in [3.63, 3.8) is 0 Å². The standard InChI is InChI=1S/C5H8BF3N3/c1-2-3-12-5(6(7,8)9)10-4-11-12/h4H,2-3H2,1H3/q-1. The summed E-state index contributed by atoms with van der Waals surface area (Å²) in [6, 6.07) is 0. The molecule has 12 heavy (non-hydrogen) atoms. The van der Waals surface area contributed by atoms with Gasteiger partial charge in [0.1, 0.15) is 6.33 Å². The summed E-state index contributed by atoms with van der Waals surface area (Å²) in [5.41, 5.74) is -0.864. The monoisotopic (exact) mass is 178 g/mol. The van der Waals surface area contributed by atoms with Crippen LogP contribution < -0.4 is 5.72 Å². The lowest BCUT2D eigenvalue weighted by Gasteiger charge is -2.14. The highest BCUT2D eigenvalue weighted by molar-refractivity contribution is 6.72. The first-order valence-electron chi connectivity index (χ1n) is 3.63. The number of rotatable bonds is 3. The van der Waals surface area contributed by atoms with Crippen LogP contribution in [0.5, 0.6) is 0 Å². The second kappa shape index (κ2) is 3.16. The average Bonchev–Trinajstić information content (AvgIpc) is 2.34. The van der Waals surface area contributed by atoms with Crippen molar-refractivity contribution in [1.29, 1.82) is 0 Å². The fraction of sp³-hybridized carbons (Fsp3) is 0.600. The summed E-state index contributed by atoms with van der Waals surface area (Å²) in [4.78, 5) is 3.16. The van der Waals surface area contributed by atoms with E-state index in [1.165, 1.54) is 0 Å². The van der Waals surface area contributed by atoms with Crippen molar-refractivity contribution in [2.45, 2.75) is 19.9 Å². The molecule has 0 aromatic carbocycles. The van der Waals surface area contributed by atoms with E-state index in [9.17, 15) is 12.9 Å². The smallest absolute Gasteiger partial charge is 0.443 e. The van der Waals surface area contributed by atoms with Gasteiger partial charge in [0.05, 0.1) is 5.72 Å². The SMILES string of the molecule is CCCn1ncnc1[B-](F)(F)F. The predicted molar refractivity (Wildman–Crippen MR) is 39.0 cm³/mol. The topological polar surface area (TPSA) is 30.7 Å². The van der Waals surface area contributed by atoms with Crippen LogP contribution in [0.1, 0.15) is 13.3 Å². The second-order valence-corrected chi connectivity index (χ2v) is 2.42. The van der Waals surface area contributed by atoms with Crippen LogP contribution in [0.3, 0.4) is 0 Å². The van der Waals surface area contributed by atoms with Crippen molar-refractivity contribution in [3.8, 4) is 0 Å². The van der Waals surface area contributed by atoms with E-state index in [4.69, 9.17) is 0 Å². The number of hydrogen-bond acceptors (Lipinski definition) is 2. The van der Waals surface area contributed by atoms with Crippen molar-refractivity contribution in [2.75, 3.05) is 0 Å². The molecule has 0 aliphatic rings. The summed E-state index contributed by atoms with van der Waals surface area (Å²) in [7, 11) is 0. The molecule has 0 saturated carbocycles. The van der Waals surface area contributed by atoms with Gasteiger partial charge in [0.25, 0.3) is 0 Å². The summed E-state index contributed by atoms with van der Waals surface area (Å²) >= 11 is 0. The highest BCUT2D eigenvalue weighted by Gasteiger charge is 2.31. The van der Waals surface area contributed by atoms with Crippen LogP contribution in [0.2, 0.25) is 0 Å². The molecule has 0 aliphatic carbocycles. The minimum atomic E-state index is -5.02. The Bertz CT molecular complexity index is 257. The van der Waals surface area contributed by atoms with Crippen molar-refractivity contribution in [1.82, 2.24) is 14.8 Å². The van der Waals surface area contributed by atoms with Gasteiger partial charge in [-0.2, -0.15) is 5.10 Å². The molecule has 0 aliphatic heterocycles. The molecule has 0 N–H and O–H groups in total. The lowest BCUT2D eigenvalue weighted by atomic mass is 9.91. The van der Waals surface area contributed by atoms with Gasteiger partial charge in [-0.15, -0.1) is 0 Å². The summed E-state index contributed by atoms with van der Waals surface area (Å²) < 4.78 is 37.3. The molecule has 3 nitrogen and oxygen atoms in total. The first-order valence-corrected chi connectivity index (χ1v) is 3.63. The molecule has 1 aromatic heterocycles. The Labute approximate surface area is 67.7 Å². The number of aromatic nitrogens is 3. The Kier molecular flexibility index (Phi) is 2.39. The van der Waals surface area contributed by atoms with E-state index in [1.807, 2.05) is 0 Å². The normalized spacial score (nSPS) is 12.0. The zero-order chi connectivity index (χ0) is 9.19. The molecule has 0 atom stereocenters. The van der Waals surface area contributed by atoms with Crippen molar-refractivity contribution in [2.24, 2.45) is 0 Å². The van der Waals surface area contributed by atoms with Crippen LogP contribution >= 0.6 is 0 Å². The number of halogens is 3. The van der Waals surface area contributed by atoms with Gasteiger partial charge in [-0.05, 0) is 6.42 Å². The quantitative estimate of drug-likeness (QED) is 0.639. The molecule has 1 rings (SSSR count). The Balaban J connectivity index is 2.91. The van der Waals surface area contributed by atoms with Crippen molar-refractivity contribution in [3.05, 3.63) is 6.33 Å². The van der Waals surface area contributed by atoms with Crippen LogP contribution in [-0.4, -0.2) is 21.7 Å². The fourth-order valence-electron chi connectivity index (χ4n) is 0.911. The molecule has 0 unspecified atom stereocenters. The summed E-state index contributed by atoms with van der Waals surface area (Å²) in [5.74, 6) is 0. The Hall–Kier alpha value is -1.01. The van der Waals surface area contributed by atoms with Crippen LogP contribution in [0, 0.1) is 0 Å². The lowest BCUT2D eigenvalue weighted by Crippen LogP contribution is -2.42. The number of hydrogen-bond donors (Lipinski definition) is 0. The van der Waals surface area contributed by atoms with E-state index in [0.717, 1.165) is 11.0 Å². The summed E-state index contributed by atoms with van der Waals surface area (Å²) in [6.45, 7) is -2.97. The van der Waals surface area contributed by atoms with Gasteiger partial charge in [-0.3, -0.25) is 9.67 Å². The van der Waals surface area contributed by atoms with Crippen LogP contribution in [-0.2, 0) is 6.54 Å². The molecule has 0 amide bonds. The molecule has 1 aromatic rings. The molecule has 0 spiro atoms. The molecule has 0 radical (unpaired) electrons. The van der Waals surface area contributed by atoms with Gasteiger partial charge in [0, 0.05) is 6.54 Å². The molecule has 7 heteroatoms. The van der Waals surface area contributed by atoms with Gasteiger partial charge < -0.3 is 12.9 Å². The van der Waals surface area contributed by atoms with Gasteiger partial charge >= 0.3 is 6.98 Å². The van der Waals surface area contributed by atoms with E-state index in [-0.39, 0.29) is 6.54 Å². The number of nitrogens with zero attached hydrogens (tertiary/aromatic N) is 3. The maximum Gasteiger partial charge on any atom is 0.545 e. The maximum atomic E-state index is 12.1. The third kappa shape index (κ3) is 1.78. The van der Waals surface area contributed by atoms with Gasteiger partial charge in [-0.25, -0.2) is 0 Å². The first kappa shape index (κ1) is 9.09. The average molecular weight is 178 g/mol. The second-order valence-electron chi connectivity index (χ2n) is 2.42. The van der Waals surface area contributed by atoms with E-state index in [1.54, 1.807) is 6.92 Å². The van der Waals surface area contributed by atoms with Gasteiger partial charge in [-0.1, -0.05) is 6.92 Å². The molecular weight excluding hydrogens is 170 g/mol. The molecule has 0 saturated heterocycles. The molecule has 68 valence electrons. The zero-order valence-electron chi connectivity index (χ0n) is 6.54. The highest BCUT2D eigenvalue weighted by Crippen LogP contribution is 2.06. The first-order chi connectivity index (χ1) is 5.55. The van der Waals surface area contributed by atoms with Crippen molar-refractivity contribution < 1.29 is 12.9 Å². The highest BCUT2D eigenvalue weighted by atomic mass is 19.4. The summed E-state index contributed by atoms with van der Waals surface area (Å²) in [6.07, 6.45) is 1.54. The number of aryl methyl sites for hydroxylation is 1. The maximum absolute atomic E-state index is 12.1. The van der Waals surface area contributed by atoms with Gasteiger partial charge in [0.15, 0.2) is 0 Å².